The number of aliphatic hydroxyl groups excluding tert-OH is 1. The summed E-state index contributed by atoms with van der Waals surface area (Å²) in [4.78, 5) is 24.0. The van der Waals surface area contributed by atoms with Crippen molar-refractivity contribution in [2.75, 3.05) is 5.32 Å². The van der Waals surface area contributed by atoms with E-state index in [4.69, 9.17) is 0 Å². The smallest absolute Gasteiger partial charge is 0.212 e. The summed E-state index contributed by atoms with van der Waals surface area (Å²) in [5.74, 6) is 0.484. The van der Waals surface area contributed by atoms with E-state index in [9.17, 15) is 9.90 Å². The predicted octanol–water partition coefficient (Wildman–Crippen LogP) is 3.65. The average Bonchev–Trinajstić information content (AvgIpc) is 3.18. The first-order valence-electron chi connectivity index (χ1n) is 9.23. The van der Waals surface area contributed by atoms with Crippen LogP contribution in [0, 0.1) is 6.92 Å². The number of rotatable bonds is 6. The molecule has 2 N–H and O–H groups in total. The number of carbonyl (C=O) groups is 1. The van der Waals surface area contributed by atoms with Crippen LogP contribution in [-0.2, 0) is 4.79 Å². The highest BCUT2D eigenvalue weighted by Crippen LogP contribution is 2.32. The van der Waals surface area contributed by atoms with Gasteiger partial charge in [0.15, 0.2) is 0 Å². The maximum absolute atomic E-state index is 10.7. The Kier molecular flexibility index (Phi) is 4.75. The van der Waals surface area contributed by atoms with E-state index in [1.807, 2.05) is 42.6 Å². The minimum absolute atomic E-state index is 0.484. The van der Waals surface area contributed by atoms with Gasteiger partial charge >= 0.3 is 0 Å². The zero-order valence-corrected chi connectivity index (χ0v) is 15.8. The largest absolute Gasteiger partial charge is 0.387 e. The number of fused-ring (bicyclic) bond motifs is 3. The van der Waals surface area contributed by atoms with Crippen LogP contribution in [0.2, 0.25) is 0 Å². The standard InChI is InChI=1S/C21H21N5O2/c1-3-4-19(28)17-7-13(2)16(11-23-17)15-8-14-10-24-20(25-12-27)9-18(14)26-6-5-22-21(15)26/h5-12,19,28H,3-4H2,1-2H3,(H,24,25,27). The van der Waals surface area contributed by atoms with Crippen LogP contribution < -0.4 is 5.32 Å². The van der Waals surface area contributed by atoms with Gasteiger partial charge in [-0.05, 0) is 31.0 Å². The molecule has 0 aromatic carbocycles. The number of anilines is 1. The van der Waals surface area contributed by atoms with E-state index in [0.29, 0.717) is 24.3 Å². The maximum Gasteiger partial charge on any atom is 0.212 e. The maximum atomic E-state index is 10.7. The highest BCUT2D eigenvalue weighted by Gasteiger charge is 2.15. The highest BCUT2D eigenvalue weighted by atomic mass is 16.3. The average molecular weight is 375 g/mol. The number of pyridine rings is 3. The van der Waals surface area contributed by atoms with Crippen molar-refractivity contribution < 1.29 is 9.90 Å². The van der Waals surface area contributed by atoms with Crippen molar-refractivity contribution >= 4 is 28.8 Å². The number of hydrogen-bond acceptors (Lipinski definition) is 5. The molecule has 1 unspecified atom stereocenters. The quantitative estimate of drug-likeness (QED) is 0.502. The molecule has 0 aliphatic rings. The molecule has 0 saturated carbocycles. The number of aryl methyl sites for hydroxylation is 1. The Morgan fingerprint density at radius 3 is 2.79 bits per heavy atom. The van der Waals surface area contributed by atoms with Gasteiger partial charge in [-0.2, -0.15) is 0 Å². The Hall–Kier alpha value is -3.32. The van der Waals surface area contributed by atoms with E-state index in [1.165, 1.54) is 0 Å². The van der Waals surface area contributed by atoms with Crippen LogP contribution in [-0.4, -0.2) is 30.9 Å². The van der Waals surface area contributed by atoms with E-state index in [1.54, 1.807) is 18.6 Å². The lowest BCUT2D eigenvalue weighted by atomic mass is 10.00. The fourth-order valence-electron chi connectivity index (χ4n) is 3.49. The molecule has 7 heteroatoms. The summed E-state index contributed by atoms with van der Waals surface area (Å²) >= 11 is 0. The number of carbonyl (C=O) groups excluding carboxylic acids is 1. The van der Waals surface area contributed by atoms with E-state index in [-0.39, 0.29) is 0 Å². The van der Waals surface area contributed by atoms with Crippen LogP contribution in [0.1, 0.15) is 37.1 Å². The number of aromatic nitrogens is 4. The highest BCUT2D eigenvalue weighted by molar-refractivity contribution is 5.93. The minimum Gasteiger partial charge on any atom is -0.387 e. The van der Waals surface area contributed by atoms with Crippen molar-refractivity contribution in [3.8, 4) is 11.1 Å². The van der Waals surface area contributed by atoms with Gasteiger partial charge in [-0.1, -0.05) is 13.3 Å². The van der Waals surface area contributed by atoms with E-state index < -0.39 is 6.10 Å². The van der Waals surface area contributed by atoms with Gasteiger partial charge < -0.3 is 10.4 Å². The van der Waals surface area contributed by atoms with Crippen molar-refractivity contribution in [3.05, 3.63) is 54.2 Å². The number of nitrogens with zero attached hydrogens (tertiary/aromatic N) is 4. The molecule has 4 aromatic rings. The first-order valence-corrected chi connectivity index (χ1v) is 9.23. The number of nitrogens with one attached hydrogen (secondary N) is 1. The Labute approximate surface area is 162 Å². The van der Waals surface area contributed by atoms with Gasteiger partial charge in [0.05, 0.1) is 17.3 Å². The third-order valence-electron chi connectivity index (χ3n) is 4.89. The summed E-state index contributed by atoms with van der Waals surface area (Å²) in [6.45, 7) is 4.05. The fourth-order valence-corrected chi connectivity index (χ4v) is 3.49. The molecule has 0 bridgehead atoms. The second-order valence-corrected chi connectivity index (χ2v) is 6.80. The van der Waals surface area contributed by atoms with Crippen molar-refractivity contribution in [1.82, 2.24) is 19.4 Å². The topological polar surface area (TPSA) is 92.4 Å². The van der Waals surface area contributed by atoms with Gasteiger partial charge in [-0.15, -0.1) is 0 Å². The zero-order valence-electron chi connectivity index (χ0n) is 15.8. The molecule has 7 nitrogen and oxygen atoms in total. The molecule has 28 heavy (non-hydrogen) atoms. The van der Waals surface area contributed by atoms with Crippen molar-refractivity contribution in [1.29, 1.82) is 0 Å². The van der Waals surface area contributed by atoms with E-state index in [2.05, 4.69) is 20.3 Å². The zero-order chi connectivity index (χ0) is 19.7. The number of imidazole rings is 1. The summed E-state index contributed by atoms with van der Waals surface area (Å²) < 4.78 is 1.97. The molecule has 0 radical (unpaired) electrons. The molecule has 4 aromatic heterocycles. The summed E-state index contributed by atoms with van der Waals surface area (Å²) in [5, 5.41) is 13.7. The fraction of sp³-hybridized carbons (Fsp3) is 0.238. The first kappa shape index (κ1) is 18.1. The van der Waals surface area contributed by atoms with Gasteiger partial charge in [0.1, 0.15) is 11.5 Å². The van der Waals surface area contributed by atoms with Gasteiger partial charge in [0.25, 0.3) is 0 Å². The second-order valence-electron chi connectivity index (χ2n) is 6.80. The van der Waals surface area contributed by atoms with E-state index >= 15 is 0 Å². The number of aliphatic hydroxyl groups is 1. The minimum atomic E-state index is -0.547. The Bertz CT molecular complexity index is 1170. The lowest BCUT2D eigenvalue weighted by Gasteiger charge is -2.14. The molecule has 1 atom stereocenters. The molecular weight excluding hydrogens is 354 g/mol. The van der Waals surface area contributed by atoms with Crippen LogP contribution in [0.5, 0.6) is 0 Å². The number of hydrogen-bond donors (Lipinski definition) is 2. The second kappa shape index (κ2) is 7.36. The molecule has 4 rings (SSSR count). The molecular formula is C21H21N5O2. The normalized spacial score (nSPS) is 12.4. The Morgan fingerprint density at radius 1 is 1.18 bits per heavy atom. The number of amides is 1. The summed E-state index contributed by atoms with van der Waals surface area (Å²) in [7, 11) is 0. The monoisotopic (exact) mass is 375 g/mol. The first-order chi connectivity index (χ1) is 13.6. The Morgan fingerprint density at radius 2 is 2.04 bits per heavy atom. The van der Waals surface area contributed by atoms with Crippen LogP contribution in [0.4, 0.5) is 5.82 Å². The van der Waals surface area contributed by atoms with Gasteiger partial charge in [-0.25, -0.2) is 9.97 Å². The van der Waals surface area contributed by atoms with Crippen molar-refractivity contribution in [2.24, 2.45) is 0 Å². The summed E-state index contributed by atoms with van der Waals surface area (Å²) in [6.07, 6.45) is 8.81. The molecule has 0 fully saturated rings. The SMILES string of the molecule is CCCC(O)c1cc(C)c(-c2cc3cnc(NC=O)cc3n3ccnc23)cn1. The van der Waals surface area contributed by atoms with Crippen molar-refractivity contribution in [2.45, 2.75) is 32.8 Å². The molecule has 1 amide bonds. The van der Waals surface area contributed by atoms with Crippen LogP contribution in [0.15, 0.2) is 43.0 Å². The van der Waals surface area contributed by atoms with Crippen LogP contribution in [0.3, 0.4) is 0 Å². The third kappa shape index (κ3) is 3.10. The van der Waals surface area contributed by atoms with Crippen LogP contribution in [0.25, 0.3) is 27.7 Å². The van der Waals surface area contributed by atoms with Gasteiger partial charge in [-0.3, -0.25) is 14.2 Å². The summed E-state index contributed by atoms with van der Waals surface area (Å²) in [5.41, 5.74) is 5.31. The molecule has 0 aliphatic carbocycles. The lowest BCUT2D eigenvalue weighted by Crippen LogP contribution is -2.02. The molecule has 4 heterocycles. The lowest BCUT2D eigenvalue weighted by molar-refractivity contribution is -0.105. The van der Waals surface area contributed by atoms with E-state index in [0.717, 1.165) is 39.7 Å². The summed E-state index contributed by atoms with van der Waals surface area (Å²) in [6, 6.07) is 5.79. The molecule has 0 saturated heterocycles. The third-order valence-corrected chi connectivity index (χ3v) is 4.89. The molecule has 0 aliphatic heterocycles. The molecule has 0 spiro atoms. The van der Waals surface area contributed by atoms with Gasteiger partial charge in [0, 0.05) is 47.4 Å². The Balaban J connectivity index is 1.88. The predicted molar refractivity (Wildman–Crippen MR) is 108 cm³/mol. The van der Waals surface area contributed by atoms with Crippen LogP contribution >= 0.6 is 0 Å². The van der Waals surface area contributed by atoms with Crippen molar-refractivity contribution in [3.63, 3.8) is 0 Å². The van der Waals surface area contributed by atoms with Gasteiger partial charge in [0.2, 0.25) is 6.41 Å². The molecule has 142 valence electrons.